The molecule has 20 heavy (non-hydrogen) atoms. The number of ketones is 1. The lowest BCUT2D eigenvalue weighted by Crippen LogP contribution is -2.38. The van der Waals surface area contributed by atoms with Crippen LogP contribution >= 0.6 is 0 Å². The van der Waals surface area contributed by atoms with E-state index in [1.807, 2.05) is 24.3 Å². The molecule has 2 aromatic rings. The number of carbonyl (C=O) groups excluding carboxylic acids is 1. The number of Topliss-reactive ketones (excluding diaryl/α,β-unsaturated/α-hetero) is 1. The van der Waals surface area contributed by atoms with Crippen molar-refractivity contribution in [2.75, 3.05) is 11.9 Å². The number of rotatable bonds is 3. The first kappa shape index (κ1) is 12.5. The molecule has 0 radical (unpaired) electrons. The summed E-state index contributed by atoms with van der Waals surface area (Å²) >= 11 is 0. The lowest BCUT2D eigenvalue weighted by Gasteiger charge is -2.26. The number of anilines is 1. The van der Waals surface area contributed by atoms with Gasteiger partial charge in [-0.15, -0.1) is 0 Å². The van der Waals surface area contributed by atoms with Crippen LogP contribution in [0.25, 0.3) is 0 Å². The highest BCUT2D eigenvalue weighted by Gasteiger charge is 2.25. The number of hydrogen-bond donors (Lipinski definition) is 2. The third-order valence-electron chi connectivity index (χ3n) is 3.31. The maximum Gasteiger partial charge on any atom is 0.179 e. The standard InChI is InChI=1S/C16H15NO3/c18-12-7-5-11(6-8-12)9-14(19)16-10-17-13-3-1-2-4-15(13)20-16/h1-8,16-18H,9-10H2. The van der Waals surface area contributed by atoms with Crippen molar-refractivity contribution in [2.45, 2.75) is 12.5 Å². The minimum atomic E-state index is -0.473. The van der Waals surface area contributed by atoms with Crippen LogP contribution in [0, 0.1) is 0 Å². The van der Waals surface area contributed by atoms with Crippen molar-refractivity contribution in [1.29, 1.82) is 0 Å². The van der Waals surface area contributed by atoms with Crippen molar-refractivity contribution < 1.29 is 14.6 Å². The first-order valence-corrected chi connectivity index (χ1v) is 6.52. The van der Waals surface area contributed by atoms with Gasteiger partial charge in [-0.25, -0.2) is 0 Å². The Morgan fingerprint density at radius 1 is 1.20 bits per heavy atom. The molecule has 0 fully saturated rings. The maximum absolute atomic E-state index is 12.2. The Balaban J connectivity index is 1.68. The van der Waals surface area contributed by atoms with Gasteiger partial charge < -0.3 is 15.2 Å². The third kappa shape index (κ3) is 2.59. The molecule has 4 heteroatoms. The fourth-order valence-electron chi connectivity index (χ4n) is 2.22. The number of carbonyl (C=O) groups is 1. The summed E-state index contributed by atoms with van der Waals surface area (Å²) in [6, 6.07) is 14.2. The quantitative estimate of drug-likeness (QED) is 0.898. The van der Waals surface area contributed by atoms with Crippen molar-refractivity contribution in [2.24, 2.45) is 0 Å². The van der Waals surface area contributed by atoms with E-state index in [1.54, 1.807) is 24.3 Å². The van der Waals surface area contributed by atoms with Gasteiger partial charge in [0, 0.05) is 6.42 Å². The Morgan fingerprint density at radius 3 is 2.75 bits per heavy atom. The summed E-state index contributed by atoms with van der Waals surface area (Å²) in [5.74, 6) is 0.936. The zero-order chi connectivity index (χ0) is 13.9. The Morgan fingerprint density at radius 2 is 1.95 bits per heavy atom. The van der Waals surface area contributed by atoms with E-state index in [-0.39, 0.29) is 11.5 Å². The van der Waals surface area contributed by atoms with Crippen LogP contribution in [0.1, 0.15) is 5.56 Å². The third-order valence-corrected chi connectivity index (χ3v) is 3.31. The molecule has 0 aliphatic carbocycles. The molecule has 0 aromatic heterocycles. The van der Waals surface area contributed by atoms with Crippen molar-refractivity contribution in [3.05, 3.63) is 54.1 Å². The van der Waals surface area contributed by atoms with E-state index in [1.165, 1.54) is 0 Å². The molecule has 1 aliphatic rings. The number of phenolic OH excluding ortho intramolecular Hbond substituents is 1. The molecule has 4 nitrogen and oxygen atoms in total. The van der Waals surface area contributed by atoms with E-state index in [0.717, 1.165) is 11.3 Å². The first-order valence-electron chi connectivity index (χ1n) is 6.52. The highest BCUT2D eigenvalue weighted by Crippen LogP contribution is 2.28. The molecule has 1 aliphatic heterocycles. The van der Waals surface area contributed by atoms with Gasteiger partial charge in [-0.05, 0) is 29.8 Å². The second-order valence-corrected chi connectivity index (χ2v) is 4.79. The molecule has 2 N–H and O–H groups in total. The summed E-state index contributed by atoms with van der Waals surface area (Å²) in [5.41, 5.74) is 1.79. The predicted molar refractivity (Wildman–Crippen MR) is 76.2 cm³/mol. The molecule has 3 rings (SSSR count). The number of para-hydroxylation sites is 2. The van der Waals surface area contributed by atoms with Crippen LogP contribution in [0.2, 0.25) is 0 Å². The molecular formula is C16H15NO3. The van der Waals surface area contributed by atoms with E-state index in [0.29, 0.717) is 18.7 Å². The van der Waals surface area contributed by atoms with E-state index in [9.17, 15) is 9.90 Å². The first-order chi connectivity index (χ1) is 9.72. The second kappa shape index (κ2) is 5.25. The lowest BCUT2D eigenvalue weighted by molar-refractivity contribution is -0.124. The number of fused-ring (bicyclic) bond motifs is 1. The summed E-state index contributed by atoms with van der Waals surface area (Å²) in [5, 5.41) is 12.4. The molecule has 1 unspecified atom stereocenters. The smallest absolute Gasteiger partial charge is 0.179 e. The number of benzene rings is 2. The van der Waals surface area contributed by atoms with Crippen molar-refractivity contribution in [1.82, 2.24) is 0 Å². The molecular weight excluding hydrogens is 254 g/mol. The molecule has 1 atom stereocenters. The van der Waals surface area contributed by atoms with Gasteiger partial charge in [0.25, 0.3) is 0 Å². The van der Waals surface area contributed by atoms with E-state index in [4.69, 9.17) is 4.74 Å². The van der Waals surface area contributed by atoms with Gasteiger partial charge in [0.2, 0.25) is 0 Å². The van der Waals surface area contributed by atoms with Crippen LogP contribution in [0.3, 0.4) is 0 Å². The Bertz CT molecular complexity index is 622. The zero-order valence-electron chi connectivity index (χ0n) is 10.9. The van der Waals surface area contributed by atoms with Crippen LogP contribution < -0.4 is 10.1 Å². The molecule has 0 amide bonds. The minimum Gasteiger partial charge on any atom is -0.508 e. The van der Waals surface area contributed by atoms with Crippen molar-refractivity contribution >= 4 is 11.5 Å². The minimum absolute atomic E-state index is 0.0256. The largest absolute Gasteiger partial charge is 0.508 e. The molecule has 0 bridgehead atoms. The van der Waals surface area contributed by atoms with Crippen LogP contribution in [-0.2, 0) is 11.2 Å². The lowest BCUT2D eigenvalue weighted by atomic mass is 10.0. The molecule has 1 heterocycles. The van der Waals surface area contributed by atoms with Crippen LogP contribution in [-0.4, -0.2) is 23.5 Å². The van der Waals surface area contributed by atoms with Gasteiger partial charge in [0.05, 0.1) is 12.2 Å². The highest BCUT2D eigenvalue weighted by molar-refractivity contribution is 5.87. The summed E-state index contributed by atoms with van der Waals surface area (Å²) in [4.78, 5) is 12.2. The summed E-state index contributed by atoms with van der Waals surface area (Å²) in [6.07, 6.45) is -0.173. The predicted octanol–water partition coefficient (Wildman–Crippen LogP) is 2.38. The van der Waals surface area contributed by atoms with Crippen LogP contribution in [0.5, 0.6) is 11.5 Å². The average Bonchev–Trinajstić information content (AvgIpc) is 2.49. The number of ether oxygens (including phenoxy) is 1. The Kier molecular flexibility index (Phi) is 3.29. The van der Waals surface area contributed by atoms with Gasteiger partial charge in [0.1, 0.15) is 11.5 Å². The topological polar surface area (TPSA) is 58.6 Å². The number of phenols is 1. The number of nitrogens with one attached hydrogen (secondary N) is 1. The van der Waals surface area contributed by atoms with Crippen molar-refractivity contribution in [3.63, 3.8) is 0 Å². The van der Waals surface area contributed by atoms with Crippen LogP contribution in [0.15, 0.2) is 48.5 Å². The Hall–Kier alpha value is -2.49. The normalized spacial score (nSPS) is 16.7. The average molecular weight is 269 g/mol. The van der Waals surface area contributed by atoms with Crippen LogP contribution in [0.4, 0.5) is 5.69 Å². The zero-order valence-corrected chi connectivity index (χ0v) is 10.9. The van der Waals surface area contributed by atoms with Gasteiger partial charge in [-0.1, -0.05) is 24.3 Å². The fourth-order valence-corrected chi connectivity index (χ4v) is 2.22. The van der Waals surface area contributed by atoms with Gasteiger partial charge >= 0.3 is 0 Å². The highest BCUT2D eigenvalue weighted by atomic mass is 16.5. The SMILES string of the molecule is O=C(Cc1ccc(O)cc1)C1CNc2ccccc2O1. The van der Waals surface area contributed by atoms with Gasteiger partial charge in [-0.2, -0.15) is 0 Å². The fraction of sp³-hybridized carbons (Fsp3) is 0.188. The van der Waals surface area contributed by atoms with E-state index < -0.39 is 6.10 Å². The molecule has 0 saturated carbocycles. The maximum atomic E-state index is 12.2. The number of hydrogen-bond acceptors (Lipinski definition) is 4. The van der Waals surface area contributed by atoms with Gasteiger partial charge in [0.15, 0.2) is 11.9 Å². The van der Waals surface area contributed by atoms with Crippen molar-refractivity contribution in [3.8, 4) is 11.5 Å². The monoisotopic (exact) mass is 269 g/mol. The molecule has 2 aromatic carbocycles. The summed E-state index contributed by atoms with van der Waals surface area (Å²) in [6.45, 7) is 0.480. The molecule has 102 valence electrons. The Labute approximate surface area is 117 Å². The van der Waals surface area contributed by atoms with Gasteiger partial charge in [-0.3, -0.25) is 4.79 Å². The number of aromatic hydroxyl groups is 1. The molecule has 0 saturated heterocycles. The molecule has 0 spiro atoms. The summed E-state index contributed by atoms with van der Waals surface area (Å²) in [7, 11) is 0. The summed E-state index contributed by atoms with van der Waals surface area (Å²) < 4.78 is 5.73. The second-order valence-electron chi connectivity index (χ2n) is 4.79. The van der Waals surface area contributed by atoms with E-state index >= 15 is 0 Å². The van der Waals surface area contributed by atoms with E-state index in [2.05, 4.69) is 5.32 Å².